The fourth-order valence-corrected chi connectivity index (χ4v) is 6.76. The van der Waals surface area contributed by atoms with Crippen LogP contribution in [0.25, 0.3) is 5.82 Å². The molecular formula is C27H33F3N8O4S. The Hall–Kier alpha value is -3.66. The van der Waals surface area contributed by atoms with E-state index in [9.17, 15) is 26.4 Å². The number of hydrogen-bond acceptors (Lipinski definition) is 9. The quantitative estimate of drug-likeness (QED) is 0.398. The van der Waals surface area contributed by atoms with Crippen LogP contribution in [0.3, 0.4) is 0 Å². The van der Waals surface area contributed by atoms with Crippen molar-refractivity contribution in [3.05, 3.63) is 42.2 Å². The number of aromatic nitrogens is 5. The highest BCUT2D eigenvalue weighted by molar-refractivity contribution is 7.90. The molecule has 2 aliphatic heterocycles. The summed E-state index contributed by atoms with van der Waals surface area (Å²) >= 11 is 0. The number of rotatable bonds is 6. The molecule has 1 amide bonds. The molecule has 6 rings (SSSR count). The summed E-state index contributed by atoms with van der Waals surface area (Å²) in [7, 11) is -4.24. The number of nitrogens with zero attached hydrogens (tertiary/aromatic N) is 6. The minimum absolute atomic E-state index is 0.0186. The van der Waals surface area contributed by atoms with Crippen molar-refractivity contribution < 1.29 is 31.1 Å². The average molecular weight is 623 g/mol. The van der Waals surface area contributed by atoms with Gasteiger partial charge in [-0.2, -0.15) is 26.7 Å². The largest absolute Gasteiger partial charge is 0.477 e. The third kappa shape index (κ3) is 5.81. The molecule has 43 heavy (non-hydrogen) atoms. The predicted octanol–water partition coefficient (Wildman–Crippen LogP) is 3.04. The van der Waals surface area contributed by atoms with Crippen LogP contribution in [0.4, 0.5) is 19.0 Å². The summed E-state index contributed by atoms with van der Waals surface area (Å²) in [5, 5.41) is 11.7. The first kappa shape index (κ1) is 29.4. The molecule has 2 N–H and O–H groups in total. The normalized spacial score (nSPS) is 22.4. The Morgan fingerprint density at radius 2 is 1.91 bits per heavy atom. The molecule has 16 heteroatoms. The van der Waals surface area contributed by atoms with Crippen LogP contribution >= 0.6 is 0 Å². The fraction of sp³-hybridized carbons (Fsp3) is 0.556. The molecule has 1 unspecified atom stereocenters. The zero-order chi connectivity index (χ0) is 30.6. The van der Waals surface area contributed by atoms with E-state index in [-0.39, 0.29) is 54.8 Å². The van der Waals surface area contributed by atoms with E-state index in [1.54, 1.807) is 24.5 Å². The Morgan fingerprint density at radius 1 is 1.12 bits per heavy atom. The van der Waals surface area contributed by atoms with Crippen molar-refractivity contribution in [1.29, 1.82) is 0 Å². The van der Waals surface area contributed by atoms with Gasteiger partial charge in [0.25, 0.3) is 15.9 Å². The summed E-state index contributed by atoms with van der Waals surface area (Å²) < 4.78 is 76.2. The molecule has 5 heterocycles. The lowest BCUT2D eigenvalue weighted by atomic mass is 10.00. The maximum absolute atomic E-state index is 13.4. The number of anilines is 1. The van der Waals surface area contributed by atoms with Crippen molar-refractivity contribution in [3.8, 4) is 11.7 Å². The van der Waals surface area contributed by atoms with Crippen LogP contribution in [0.2, 0.25) is 0 Å². The number of amides is 1. The Morgan fingerprint density at radius 3 is 2.65 bits per heavy atom. The minimum atomic E-state index is -4.24. The number of hydrogen-bond donors (Lipinski definition) is 2. The zero-order valence-electron chi connectivity index (χ0n) is 23.8. The standard InChI is InChI=1S/C27H33F3N8O4S/c1-25(2)16-18-17-37(25)23-19(24(39)35-43(40,41)22-7-12-36(34-22)14-11-31-18)4-5-20(32-23)38-13-6-21(33-38)42-15-3-8-26(9-10-26)27(28,29)30/h4-7,12-13,18,31H,3,8-11,14-17H2,1-2H3,(H,35,39). The highest BCUT2D eigenvalue weighted by Crippen LogP contribution is 2.60. The van der Waals surface area contributed by atoms with Crippen LogP contribution in [-0.2, 0) is 16.6 Å². The Balaban J connectivity index is 1.25. The van der Waals surface area contributed by atoms with Crippen molar-refractivity contribution in [2.75, 3.05) is 24.6 Å². The number of sulfonamides is 1. The topological polar surface area (TPSA) is 136 Å². The average Bonchev–Trinajstić information content (AvgIpc) is 3.23. The molecule has 12 nitrogen and oxygen atoms in total. The number of carbonyl (C=O) groups is 1. The number of nitrogens with one attached hydrogen (secondary N) is 2. The summed E-state index contributed by atoms with van der Waals surface area (Å²) in [5.41, 5.74) is -1.93. The van der Waals surface area contributed by atoms with Crippen LogP contribution in [-0.4, -0.2) is 76.3 Å². The highest BCUT2D eigenvalue weighted by atomic mass is 32.2. The number of halogens is 3. The number of pyridine rings is 1. The maximum atomic E-state index is 13.4. The Labute approximate surface area is 246 Å². The summed E-state index contributed by atoms with van der Waals surface area (Å²) in [4.78, 5) is 20.2. The third-order valence-corrected chi connectivity index (χ3v) is 9.66. The molecule has 3 aromatic heterocycles. The van der Waals surface area contributed by atoms with Gasteiger partial charge in [0, 0.05) is 43.1 Å². The number of ether oxygens (including phenoxy) is 1. The van der Waals surface area contributed by atoms with E-state index in [4.69, 9.17) is 9.72 Å². The van der Waals surface area contributed by atoms with Gasteiger partial charge >= 0.3 is 6.18 Å². The molecule has 232 valence electrons. The second-order valence-corrected chi connectivity index (χ2v) is 13.6. The summed E-state index contributed by atoms with van der Waals surface area (Å²) in [5.74, 6) is 0.0321. The number of alkyl halides is 3. The minimum Gasteiger partial charge on any atom is -0.477 e. The molecule has 0 radical (unpaired) electrons. The van der Waals surface area contributed by atoms with Gasteiger partial charge in [0.2, 0.25) is 5.88 Å². The monoisotopic (exact) mass is 622 g/mol. The molecule has 3 aromatic rings. The van der Waals surface area contributed by atoms with Crippen molar-refractivity contribution >= 4 is 21.7 Å². The van der Waals surface area contributed by atoms with E-state index in [0.29, 0.717) is 31.3 Å². The molecule has 1 aliphatic carbocycles. The van der Waals surface area contributed by atoms with E-state index in [2.05, 4.69) is 20.2 Å². The molecule has 4 bridgehead atoms. The van der Waals surface area contributed by atoms with Gasteiger partial charge in [0.15, 0.2) is 10.8 Å². The molecule has 1 atom stereocenters. The van der Waals surface area contributed by atoms with E-state index in [1.807, 2.05) is 18.7 Å². The van der Waals surface area contributed by atoms with Crippen LogP contribution < -0.4 is 19.7 Å². The summed E-state index contributed by atoms with van der Waals surface area (Å²) in [6.45, 7) is 5.69. The molecule has 1 saturated heterocycles. The van der Waals surface area contributed by atoms with Gasteiger partial charge in [-0.05, 0) is 64.2 Å². The first-order valence-corrected chi connectivity index (χ1v) is 15.6. The molecule has 2 fully saturated rings. The predicted molar refractivity (Wildman–Crippen MR) is 149 cm³/mol. The smallest absolute Gasteiger partial charge is 0.394 e. The lowest BCUT2D eigenvalue weighted by Crippen LogP contribution is -2.41. The van der Waals surface area contributed by atoms with Gasteiger partial charge < -0.3 is 15.0 Å². The fourth-order valence-electron chi connectivity index (χ4n) is 5.85. The summed E-state index contributed by atoms with van der Waals surface area (Å²) in [6.07, 6.45) is 0.308. The molecule has 1 saturated carbocycles. The summed E-state index contributed by atoms with van der Waals surface area (Å²) in [6, 6.07) is 6.04. The second kappa shape index (κ2) is 10.5. The SMILES string of the molecule is CC1(C)CC2CN1c1nc(-n3ccc(OCCCC4(C(F)(F)F)CC4)n3)ccc1C(=O)NS(=O)(=O)c1ccn(n1)CCN2. The van der Waals surface area contributed by atoms with Gasteiger partial charge in [0.1, 0.15) is 5.82 Å². The van der Waals surface area contributed by atoms with Crippen LogP contribution in [0.15, 0.2) is 41.7 Å². The number of fused-ring (bicyclic) bond motifs is 6. The second-order valence-electron chi connectivity index (χ2n) is 12.0. The van der Waals surface area contributed by atoms with Gasteiger partial charge in [-0.3, -0.25) is 9.48 Å². The lowest BCUT2D eigenvalue weighted by Gasteiger charge is -2.33. The third-order valence-electron chi connectivity index (χ3n) is 8.44. The number of carbonyl (C=O) groups excluding carboxylic acids is 1. The van der Waals surface area contributed by atoms with Crippen molar-refractivity contribution in [2.24, 2.45) is 5.41 Å². The molecular weight excluding hydrogens is 589 g/mol. The van der Waals surface area contributed by atoms with Gasteiger partial charge in [0.05, 0.1) is 24.1 Å². The van der Waals surface area contributed by atoms with Gasteiger partial charge in [-0.1, -0.05) is 0 Å². The first-order chi connectivity index (χ1) is 20.3. The van der Waals surface area contributed by atoms with Crippen molar-refractivity contribution in [3.63, 3.8) is 0 Å². The first-order valence-electron chi connectivity index (χ1n) is 14.1. The van der Waals surface area contributed by atoms with Crippen LogP contribution in [0.1, 0.15) is 56.3 Å². The Bertz CT molecular complexity index is 1630. The van der Waals surface area contributed by atoms with Crippen molar-refractivity contribution in [1.82, 2.24) is 34.6 Å². The van der Waals surface area contributed by atoms with Crippen LogP contribution in [0, 0.1) is 5.41 Å². The molecule has 0 spiro atoms. The maximum Gasteiger partial charge on any atom is 0.394 e. The lowest BCUT2D eigenvalue weighted by molar-refractivity contribution is -0.189. The molecule has 0 aromatic carbocycles. The highest BCUT2D eigenvalue weighted by Gasteiger charge is 2.62. The van der Waals surface area contributed by atoms with Crippen molar-refractivity contribution in [2.45, 2.75) is 75.3 Å². The Kier molecular flexibility index (Phi) is 7.18. The van der Waals surface area contributed by atoms with E-state index in [1.165, 1.54) is 21.5 Å². The van der Waals surface area contributed by atoms with E-state index < -0.39 is 33.1 Å². The molecule has 3 aliphatic rings. The van der Waals surface area contributed by atoms with Gasteiger partial charge in [-0.15, -0.1) is 5.10 Å². The van der Waals surface area contributed by atoms with Gasteiger partial charge in [-0.25, -0.2) is 14.4 Å². The van der Waals surface area contributed by atoms with E-state index in [0.717, 1.165) is 6.42 Å². The van der Waals surface area contributed by atoms with Crippen LogP contribution in [0.5, 0.6) is 5.88 Å². The zero-order valence-corrected chi connectivity index (χ0v) is 24.6. The van der Waals surface area contributed by atoms with E-state index >= 15 is 0 Å².